The van der Waals surface area contributed by atoms with Gasteiger partial charge in [-0.25, -0.2) is 9.38 Å². The molecule has 0 bridgehead atoms. The standard InChI is InChI=1S/C27H32FN5O3/c1-26(2)13-22(34)33(25(29)32-26)23(15-6-5-9-30-14-15)18-11-19(18)24(35)31-20-12-27(3,4)36-21-10-16(28)7-8-17(20)21/h5-10,14,18-20,23H,11-13H2,1-4H3,(H2,29,32)(H,31,35)/t18-,19-,20?,23+/m1/s1. The Morgan fingerprint density at radius 3 is 2.75 bits per heavy atom. The van der Waals surface area contributed by atoms with E-state index < -0.39 is 17.2 Å². The van der Waals surface area contributed by atoms with Crippen molar-refractivity contribution >= 4 is 17.8 Å². The maximum Gasteiger partial charge on any atom is 0.232 e. The number of ether oxygens (including phenoxy) is 1. The number of fused-ring (bicyclic) bond motifs is 1. The molecule has 1 aromatic carbocycles. The Hall–Kier alpha value is -3.49. The molecule has 8 nitrogen and oxygen atoms in total. The number of carbonyl (C=O) groups excluding carboxylic acids is 2. The van der Waals surface area contributed by atoms with Crippen LogP contribution in [0.5, 0.6) is 5.75 Å². The number of halogens is 1. The quantitative estimate of drug-likeness (QED) is 0.661. The molecule has 2 aromatic rings. The zero-order valence-electron chi connectivity index (χ0n) is 21.0. The van der Waals surface area contributed by atoms with Gasteiger partial charge in [-0.1, -0.05) is 12.1 Å². The number of pyridine rings is 1. The van der Waals surface area contributed by atoms with Crippen molar-refractivity contribution in [1.82, 2.24) is 15.2 Å². The number of guanidine groups is 1. The molecule has 3 heterocycles. The molecule has 3 aliphatic rings. The zero-order chi connectivity index (χ0) is 25.8. The Kier molecular flexibility index (Phi) is 5.76. The van der Waals surface area contributed by atoms with E-state index in [1.807, 2.05) is 39.8 Å². The van der Waals surface area contributed by atoms with Gasteiger partial charge in [0.05, 0.1) is 24.0 Å². The normalized spacial score (nSPS) is 26.8. The molecule has 9 heteroatoms. The van der Waals surface area contributed by atoms with Crippen LogP contribution in [0.4, 0.5) is 4.39 Å². The van der Waals surface area contributed by atoms with Crippen molar-refractivity contribution in [3.05, 3.63) is 59.7 Å². The number of nitrogens with two attached hydrogens (primary N) is 1. The summed E-state index contributed by atoms with van der Waals surface area (Å²) < 4.78 is 19.8. The smallest absolute Gasteiger partial charge is 0.232 e. The Bertz CT molecular complexity index is 1230. The second-order valence-corrected chi connectivity index (χ2v) is 11.3. The Balaban J connectivity index is 1.39. The number of rotatable bonds is 5. The van der Waals surface area contributed by atoms with E-state index in [1.165, 1.54) is 17.0 Å². The molecule has 1 fully saturated rings. The molecule has 3 N–H and O–H groups in total. The summed E-state index contributed by atoms with van der Waals surface area (Å²) in [6.07, 6.45) is 4.78. The Morgan fingerprint density at radius 2 is 2.06 bits per heavy atom. The number of aromatic nitrogens is 1. The van der Waals surface area contributed by atoms with Gasteiger partial charge < -0.3 is 15.8 Å². The molecule has 1 aliphatic carbocycles. The van der Waals surface area contributed by atoms with Crippen LogP contribution in [0.1, 0.15) is 70.2 Å². The first-order chi connectivity index (χ1) is 16.9. The van der Waals surface area contributed by atoms with Crippen molar-refractivity contribution in [1.29, 1.82) is 0 Å². The third-order valence-electron chi connectivity index (χ3n) is 7.15. The molecular weight excluding hydrogens is 461 g/mol. The van der Waals surface area contributed by atoms with Gasteiger partial charge in [0, 0.05) is 36.4 Å². The summed E-state index contributed by atoms with van der Waals surface area (Å²) >= 11 is 0. The molecule has 36 heavy (non-hydrogen) atoms. The van der Waals surface area contributed by atoms with Gasteiger partial charge in [0.1, 0.15) is 17.2 Å². The van der Waals surface area contributed by atoms with Crippen LogP contribution in [0, 0.1) is 17.7 Å². The summed E-state index contributed by atoms with van der Waals surface area (Å²) in [6.45, 7) is 7.59. The zero-order valence-corrected chi connectivity index (χ0v) is 21.0. The largest absolute Gasteiger partial charge is 0.487 e. The second-order valence-electron chi connectivity index (χ2n) is 11.3. The minimum absolute atomic E-state index is 0.104. The summed E-state index contributed by atoms with van der Waals surface area (Å²) in [5, 5.41) is 3.16. The summed E-state index contributed by atoms with van der Waals surface area (Å²) in [5.74, 6) is -0.427. The lowest BCUT2D eigenvalue weighted by Crippen LogP contribution is -2.52. The average molecular weight is 494 g/mol. The van der Waals surface area contributed by atoms with E-state index in [0.29, 0.717) is 18.6 Å². The fraction of sp³-hybridized carbons (Fsp3) is 0.481. The van der Waals surface area contributed by atoms with Crippen molar-refractivity contribution in [2.45, 2.75) is 70.2 Å². The van der Waals surface area contributed by atoms with Crippen LogP contribution in [0.25, 0.3) is 0 Å². The predicted octanol–water partition coefficient (Wildman–Crippen LogP) is 3.64. The number of hydrogen-bond acceptors (Lipinski definition) is 6. The van der Waals surface area contributed by atoms with Crippen molar-refractivity contribution in [3.8, 4) is 5.75 Å². The van der Waals surface area contributed by atoms with Crippen molar-refractivity contribution in [2.24, 2.45) is 22.6 Å². The van der Waals surface area contributed by atoms with Crippen LogP contribution >= 0.6 is 0 Å². The fourth-order valence-electron chi connectivity index (χ4n) is 5.52. The molecule has 1 unspecified atom stereocenters. The van der Waals surface area contributed by atoms with E-state index in [9.17, 15) is 14.0 Å². The minimum Gasteiger partial charge on any atom is -0.487 e. The highest BCUT2D eigenvalue weighted by Crippen LogP contribution is 2.51. The van der Waals surface area contributed by atoms with E-state index in [1.54, 1.807) is 18.5 Å². The van der Waals surface area contributed by atoms with Gasteiger partial charge in [-0.3, -0.25) is 19.5 Å². The summed E-state index contributed by atoms with van der Waals surface area (Å²) in [4.78, 5) is 37.0. The van der Waals surface area contributed by atoms with Crippen molar-refractivity contribution in [3.63, 3.8) is 0 Å². The maximum atomic E-state index is 13.8. The van der Waals surface area contributed by atoms with Crippen molar-refractivity contribution < 1.29 is 18.7 Å². The molecule has 0 spiro atoms. The van der Waals surface area contributed by atoms with Crippen LogP contribution in [0.3, 0.4) is 0 Å². The maximum absolute atomic E-state index is 13.8. The lowest BCUT2D eigenvalue weighted by molar-refractivity contribution is -0.132. The van der Waals surface area contributed by atoms with Crippen LogP contribution < -0.4 is 15.8 Å². The van der Waals surface area contributed by atoms with Gasteiger partial charge in [-0.05, 0) is 57.7 Å². The molecule has 4 atom stereocenters. The van der Waals surface area contributed by atoms with E-state index in [4.69, 9.17) is 10.5 Å². The molecule has 1 aromatic heterocycles. The number of carbonyl (C=O) groups is 2. The molecule has 5 rings (SSSR count). The first-order valence-corrected chi connectivity index (χ1v) is 12.3. The molecule has 190 valence electrons. The van der Waals surface area contributed by atoms with Crippen LogP contribution in [0.15, 0.2) is 47.7 Å². The Labute approximate surface area is 210 Å². The number of amides is 2. The van der Waals surface area contributed by atoms with Crippen molar-refractivity contribution in [2.75, 3.05) is 0 Å². The van der Waals surface area contributed by atoms with E-state index in [2.05, 4.69) is 15.3 Å². The topological polar surface area (TPSA) is 110 Å². The summed E-state index contributed by atoms with van der Waals surface area (Å²) in [6, 6.07) is 7.37. The predicted molar refractivity (Wildman–Crippen MR) is 132 cm³/mol. The monoisotopic (exact) mass is 493 g/mol. The number of hydrogen-bond donors (Lipinski definition) is 2. The van der Waals surface area contributed by atoms with Crippen LogP contribution in [-0.4, -0.2) is 38.8 Å². The fourth-order valence-corrected chi connectivity index (χ4v) is 5.52. The van der Waals surface area contributed by atoms with Gasteiger partial charge >= 0.3 is 0 Å². The van der Waals surface area contributed by atoms with Gasteiger partial charge in [0.15, 0.2) is 5.96 Å². The first kappa shape index (κ1) is 24.2. The van der Waals surface area contributed by atoms with Gasteiger partial charge in [0.25, 0.3) is 0 Å². The highest BCUT2D eigenvalue weighted by molar-refractivity contribution is 5.99. The lowest BCUT2D eigenvalue weighted by atomic mass is 9.89. The summed E-state index contributed by atoms with van der Waals surface area (Å²) in [5.41, 5.74) is 6.75. The van der Waals surface area contributed by atoms with Crippen LogP contribution in [0.2, 0.25) is 0 Å². The van der Waals surface area contributed by atoms with Crippen LogP contribution in [-0.2, 0) is 9.59 Å². The highest BCUT2D eigenvalue weighted by atomic mass is 19.1. The summed E-state index contributed by atoms with van der Waals surface area (Å²) in [7, 11) is 0. The number of nitrogens with one attached hydrogen (secondary N) is 1. The first-order valence-electron chi connectivity index (χ1n) is 12.3. The van der Waals surface area contributed by atoms with Gasteiger partial charge in [-0.2, -0.15) is 0 Å². The number of nitrogens with zero attached hydrogens (tertiary/aromatic N) is 3. The highest BCUT2D eigenvalue weighted by Gasteiger charge is 2.53. The van der Waals surface area contributed by atoms with E-state index in [0.717, 1.165) is 11.1 Å². The molecule has 2 aliphatic heterocycles. The third-order valence-corrected chi connectivity index (χ3v) is 7.15. The SMILES string of the molecule is CC1(C)CC(=O)N([C@@H](c2cccnc2)[C@@H]2C[C@H]2C(=O)NC2CC(C)(C)Oc3cc(F)ccc32)C(N)=N1. The molecular formula is C27H32FN5O3. The molecule has 1 saturated carbocycles. The number of benzene rings is 1. The lowest BCUT2D eigenvalue weighted by Gasteiger charge is -2.38. The molecule has 2 amide bonds. The molecule has 0 radical (unpaired) electrons. The molecule has 0 saturated heterocycles. The van der Waals surface area contributed by atoms with E-state index >= 15 is 0 Å². The average Bonchev–Trinajstić information content (AvgIpc) is 3.55. The Morgan fingerprint density at radius 1 is 1.28 bits per heavy atom. The van der Waals surface area contributed by atoms with E-state index in [-0.39, 0.29) is 47.9 Å². The minimum atomic E-state index is -0.569. The van der Waals surface area contributed by atoms with Gasteiger partial charge in [-0.15, -0.1) is 0 Å². The second kappa shape index (κ2) is 8.57. The van der Waals surface area contributed by atoms with Gasteiger partial charge in [0.2, 0.25) is 11.8 Å². The number of aliphatic imine (C=N–C) groups is 1. The third kappa shape index (κ3) is 4.66.